The normalized spacial score (nSPS) is 9.56. The molecule has 0 spiro atoms. The van der Waals surface area contributed by atoms with E-state index in [1.165, 1.54) is 0 Å². The van der Waals surface area contributed by atoms with Crippen LogP contribution in [0.2, 0.25) is 0 Å². The molecule has 0 aliphatic heterocycles. The van der Waals surface area contributed by atoms with E-state index in [9.17, 15) is 9.59 Å². The van der Waals surface area contributed by atoms with Gasteiger partial charge in [-0.2, -0.15) is 0 Å². The number of anilines is 1. The van der Waals surface area contributed by atoms with Gasteiger partial charge in [0.15, 0.2) is 0 Å². The number of hydrogen-bond acceptors (Lipinski definition) is 2. The molecule has 1 aromatic carbocycles. The lowest BCUT2D eigenvalue weighted by Crippen LogP contribution is -2.28. The molecule has 1 rings (SSSR count). The van der Waals surface area contributed by atoms with Crippen molar-refractivity contribution in [2.45, 2.75) is 6.42 Å². The van der Waals surface area contributed by atoms with Crippen LogP contribution in [-0.4, -0.2) is 24.2 Å². The largest absolute Gasteiger partial charge is 0.355 e. The van der Waals surface area contributed by atoms with Gasteiger partial charge in [-0.3, -0.25) is 9.59 Å². The molecule has 0 aromatic heterocycles. The highest BCUT2D eigenvalue weighted by atomic mass is 35.5. The minimum absolute atomic E-state index is 0.0830. The van der Waals surface area contributed by atoms with Gasteiger partial charge in [-0.05, 0) is 12.1 Å². The average Bonchev–Trinajstić information content (AvgIpc) is 2.30. The second-order valence-corrected chi connectivity index (χ2v) is 3.42. The van der Waals surface area contributed by atoms with Gasteiger partial charge in [-0.1, -0.05) is 18.2 Å². The lowest BCUT2D eigenvalue weighted by molar-refractivity contribution is -0.119. The summed E-state index contributed by atoms with van der Waals surface area (Å²) in [7, 11) is 0. The van der Waals surface area contributed by atoms with Crippen LogP contribution in [0.25, 0.3) is 0 Å². The van der Waals surface area contributed by atoms with E-state index >= 15 is 0 Å². The van der Waals surface area contributed by atoms with Crippen LogP contribution in [-0.2, 0) is 9.59 Å². The standard InChI is InChI=1S/C11H13ClN2O2/c12-8-11(16)13-7-6-10(15)14-9-4-2-1-3-5-9/h1-5H,6-8H2,(H,13,16)(H,14,15). The van der Waals surface area contributed by atoms with Crippen LogP contribution in [0.5, 0.6) is 0 Å². The van der Waals surface area contributed by atoms with Gasteiger partial charge in [0.25, 0.3) is 0 Å². The lowest BCUT2D eigenvalue weighted by Gasteiger charge is -2.05. The highest BCUT2D eigenvalue weighted by molar-refractivity contribution is 6.27. The second kappa shape index (κ2) is 6.85. The summed E-state index contributed by atoms with van der Waals surface area (Å²) in [4.78, 5) is 22.2. The van der Waals surface area contributed by atoms with Crippen LogP contribution in [0.15, 0.2) is 30.3 Å². The highest BCUT2D eigenvalue weighted by Crippen LogP contribution is 2.04. The number of rotatable bonds is 5. The first-order chi connectivity index (χ1) is 7.72. The van der Waals surface area contributed by atoms with Crippen molar-refractivity contribution in [1.29, 1.82) is 0 Å². The number of halogens is 1. The first-order valence-corrected chi connectivity index (χ1v) is 5.43. The number of amides is 2. The first-order valence-electron chi connectivity index (χ1n) is 4.90. The van der Waals surface area contributed by atoms with Crippen molar-refractivity contribution >= 4 is 29.1 Å². The minimum Gasteiger partial charge on any atom is -0.355 e. The van der Waals surface area contributed by atoms with E-state index in [0.29, 0.717) is 6.54 Å². The SMILES string of the molecule is O=C(CCl)NCCC(=O)Nc1ccccc1. The van der Waals surface area contributed by atoms with E-state index in [-0.39, 0.29) is 24.1 Å². The van der Waals surface area contributed by atoms with Gasteiger partial charge in [0, 0.05) is 18.7 Å². The van der Waals surface area contributed by atoms with Crippen molar-refractivity contribution in [2.75, 3.05) is 17.7 Å². The van der Waals surface area contributed by atoms with Crippen molar-refractivity contribution in [3.63, 3.8) is 0 Å². The van der Waals surface area contributed by atoms with Gasteiger partial charge < -0.3 is 10.6 Å². The summed E-state index contributed by atoms with van der Waals surface area (Å²) >= 11 is 5.28. The molecule has 0 saturated heterocycles. The molecule has 0 aliphatic carbocycles. The van der Waals surface area contributed by atoms with E-state index in [2.05, 4.69) is 10.6 Å². The summed E-state index contributed by atoms with van der Waals surface area (Å²) < 4.78 is 0. The molecule has 1 aromatic rings. The van der Waals surface area contributed by atoms with Crippen LogP contribution >= 0.6 is 11.6 Å². The Kier molecular flexibility index (Phi) is 5.36. The fourth-order valence-corrected chi connectivity index (χ4v) is 1.20. The zero-order valence-corrected chi connectivity index (χ0v) is 9.46. The predicted octanol–water partition coefficient (Wildman–Crippen LogP) is 1.37. The summed E-state index contributed by atoms with van der Waals surface area (Å²) in [5, 5.41) is 5.23. The smallest absolute Gasteiger partial charge is 0.234 e. The van der Waals surface area contributed by atoms with E-state index in [1.54, 1.807) is 12.1 Å². The van der Waals surface area contributed by atoms with Gasteiger partial charge in [-0.15, -0.1) is 11.6 Å². The van der Waals surface area contributed by atoms with Gasteiger partial charge >= 0.3 is 0 Å². The summed E-state index contributed by atoms with van der Waals surface area (Å²) in [6.45, 7) is 0.296. The molecule has 16 heavy (non-hydrogen) atoms. The summed E-state index contributed by atoms with van der Waals surface area (Å²) in [6.07, 6.45) is 0.234. The van der Waals surface area contributed by atoms with E-state index < -0.39 is 0 Å². The first kappa shape index (κ1) is 12.5. The monoisotopic (exact) mass is 240 g/mol. The Morgan fingerprint density at radius 1 is 1.12 bits per heavy atom. The fourth-order valence-electron chi connectivity index (χ4n) is 1.11. The molecule has 2 N–H and O–H groups in total. The molecule has 0 bridgehead atoms. The maximum absolute atomic E-state index is 11.4. The molecule has 0 aliphatic rings. The molecule has 4 nitrogen and oxygen atoms in total. The Morgan fingerprint density at radius 3 is 2.44 bits per heavy atom. The number of alkyl halides is 1. The van der Waals surface area contributed by atoms with Gasteiger partial charge in [0.05, 0.1) is 0 Å². The zero-order valence-electron chi connectivity index (χ0n) is 8.70. The fraction of sp³-hybridized carbons (Fsp3) is 0.273. The summed E-state index contributed by atoms with van der Waals surface area (Å²) in [5.74, 6) is -0.490. The summed E-state index contributed by atoms with van der Waals surface area (Å²) in [5.41, 5.74) is 0.746. The van der Waals surface area contributed by atoms with Gasteiger partial charge in [0.1, 0.15) is 5.88 Å². The van der Waals surface area contributed by atoms with Crippen LogP contribution in [0.4, 0.5) is 5.69 Å². The Hall–Kier alpha value is -1.55. The van der Waals surface area contributed by atoms with Crippen molar-refractivity contribution in [1.82, 2.24) is 5.32 Å². The number of nitrogens with one attached hydrogen (secondary N) is 2. The number of benzene rings is 1. The third-order valence-electron chi connectivity index (χ3n) is 1.85. The molecule has 0 saturated carbocycles. The third kappa shape index (κ3) is 4.79. The Bertz CT molecular complexity index is 354. The molecule has 0 radical (unpaired) electrons. The number of para-hydroxylation sites is 1. The van der Waals surface area contributed by atoms with Crippen LogP contribution in [0, 0.1) is 0 Å². The molecular formula is C11H13ClN2O2. The van der Waals surface area contributed by atoms with E-state index in [1.807, 2.05) is 18.2 Å². The molecule has 0 fully saturated rings. The topological polar surface area (TPSA) is 58.2 Å². The average molecular weight is 241 g/mol. The second-order valence-electron chi connectivity index (χ2n) is 3.15. The molecule has 5 heteroatoms. The Labute approximate surface area is 99.0 Å². The third-order valence-corrected chi connectivity index (χ3v) is 2.10. The number of hydrogen-bond donors (Lipinski definition) is 2. The van der Waals surface area contributed by atoms with E-state index in [0.717, 1.165) is 5.69 Å². The van der Waals surface area contributed by atoms with Crippen molar-refractivity contribution in [3.8, 4) is 0 Å². The molecule has 0 unspecified atom stereocenters. The molecule has 86 valence electrons. The summed E-state index contributed by atoms with van der Waals surface area (Å²) in [6, 6.07) is 9.15. The Morgan fingerprint density at radius 2 is 1.81 bits per heavy atom. The molecule has 0 atom stereocenters. The maximum atomic E-state index is 11.4. The van der Waals surface area contributed by atoms with Crippen LogP contribution in [0.3, 0.4) is 0 Å². The number of carbonyl (C=O) groups is 2. The molecular weight excluding hydrogens is 228 g/mol. The Balaban J connectivity index is 2.24. The van der Waals surface area contributed by atoms with Crippen molar-refractivity contribution in [3.05, 3.63) is 30.3 Å². The van der Waals surface area contributed by atoms with Crippen LogP contribution in [0.1, 0.15) is 6.42 Å². The minimum atomic E-state index is -0.269. The lowest BCUT2D eigenvalue weighted by atomic mass is 10.3. The quantitative estimate of drug-likeness (QED) is 0.764. The predicted molar refractivity (Wildman–Crippen MR) is 63.4 cm³/mol. The van der Waals surface area contributed by atoms with Crippen LogP contribution < -0.4 is 10.6 Å². The van der Waals surface area contributed by atoms with Crippen molar-refractivity contribution in [2.24, 2.45) is 0 Å². The highest BCUT2D eigenvalue weighted by Gasteiger charge is 2.03. The molecule has 2 amide bonds. The zero-order chi connectivity index (χ0) is 11.8. The van der Waals surface area contributed by atoms with Crippen molar-refractivity contribution < 1.29 is 9.59 Å². The maximum Gasteiger partial charge on any atom is 0.234 e. The van der Waals surface area contributed by atoms with E-state index in [4.69, 9.17) is 11.6 Å². The molecule has 0 heterocycles. The number of carbonyl (C=O) groups excluding carboxylic acids is 2. The van der Waals surface area contributed by atoms with Gasteiger partial charge in [-0.25, -0.2) is 0 Å². The van der Waals surface area contributed by atoms with Gasteiger partial charge in [0.2, 0.25) is 11.8 Å².